The second-order valence-electron chi connectivity index (χ2n) is 6.44. The first-order valence-corrected chi connectivity index (χ1v) is 8.22. The number of benzene rings is 2. The van der Waals surface area contributed by atoms with Crippen LogP contribution in [0.1, 0.15) is 29.5 Å². The van der Waals surface area contributed by atoms with Crippen molar-refractivity contribution >= 4 is 23.2 Å². The molecule has 1 aliphatic heterocycles. The largest absolute Gasteiger partial charge is 0.324 e. The molecule has 2 aromatic carbocycles. The molecule has 1 heterocycles. The van der Waals surface area contributed by atoms with E-state index in [0.29, 0.717) is 12.8 Å². The number of nitrogens with one attached hydrogen (secondary N) is 1. The normalized spacial score (nSPS) is 17.2. The summed E-state index contributed by atoms with van der Waals surface area (Å²) in [6, 6.07) is 13.1. The molecule has 1 saturated heterocycles. The lowest BCUT2D eigenvalue weighted by Gasteiger charge is -2.24. The number of amides is 2. The number of rotatable bonds is 3. The van der Waals surface area contributed by atoms with Gasteiger partial charge in [0.05, 0.1) is 0 Å². The van der Waals surface area contributed by atoms with Crippen LogP contribution in [0.4, 0.5) is 11.4 Å². The molecule has 1 unspecified atom stereocenters. The topological polar surface area (TPSA) is 49.4 Å². The summed E-state index contributed by atoms with van der Waals surface area (Å²) in [4.78, 5) is 26.6. The predicted molar refractivity (Wildman–Crippen MR) is 96.2 cm³/mol. The summed E-state index contributed by atoms with van der Waals surface area (Å²) in [5.41, 5.74) is 4.99. The highest BCUT2D eigenvalue weighted by Crippen LogP contribution is 2.28. The average Bonchev–Trinajstić information content (AvgIpc) is 2.93. The van der Waals surface area contributed by atoms with Crippen molar-refractivity contribution in [3.8, 4) is 0 Å². The van der Waals surface area contributed by atoms with Crippen molar-refractivity contribution in [3.63, 3.8) is 0 Å². The smallest absolute Gasteiger partial charge is 0.247 e. The van der Waals surface area contributed by atoms with Gasteiger partial charge >= 0.3 is 0 Å². The fourth-order valence-corrected chi connectivity index (χ4v) is 3.01. The van der Waals surface area contributed by atoms with Gasteiger partial charge in [0.1, 0.15) is 6.04 Å². The Morgan fingerprint density at radius 2 is 1.75 bits per heavy atom. The zero-order valence-electron chi connectivity index (χ0n) is 14.3. The van der Waals surface area contributed by atoms with Crippen LogP contribution in [-0.4, -0.2) is 17.9 Å². The highest BCUT2D eigenvalue weighted by Gasteiger charge is 2.37. The second kappa shape index (κ2) is 6.48. The van der Waals surface area contributed by atoms with E-state index in [9.17, 15) is 9.59 Å². The third-order valence-electron chi connectivity index (χ3n) is 4.60. The average molecular weight is 322 g/mol. The SMILES string of the molecule is Cc1ccc(N2C(=O)CCC2C(=O)Nc2ccc(C)c(C)c2)cc1. The highest BCUT2D eigenvalue weighted by molar-refractivity contribution is 6.07. The van der Waals surface area contributed by atoms with Crippen molar-refractivity contribution in [1.82, 2.24) is 0 Å². The summed E-state index contributed by atoms with van der Waals surface area (Å²) in [6.45, 7) is 6.05. The van der Waals surface area contributed by atoms with Gasteiger partial charge < -0.3 is 5.32 Å². The second-order valence-corrected chi connectivity index (χ2v) is 6.44. The van der Waals surface area contributed by atoms with Crippen molar-refractivity contribution in [1.29, 1.82) is 0 Å². The van der Waals surface area contributed by atoms with Crippen LogP contribution in [-0.2, 0) is 9.59 Å². The molecule has 0 bridgehead atoms. The van der Waals surface area contributed by atoms with Crippen molar-refractivity contribution in [2.75, 3.05) is 10.2 Å². The molecular weight excluding hydrogens is 300 g/mol. The quantitative estimate of drug-likeness (QED) is 0.935. The third kappa shape index (κ3) is 3.18. The van der Waals surface area contributed by atoms with Gasteiger partial charge in [-0.25, -0.2) is 0 Å². The maximum atomic E-state index is 12.7. The van der Waals surface area contributed by atoms with E-state index < -0.39 is 6.04 Å². The lowest BCUT2D eigenvalue weighted by Crippen LogP contribution is -2.41. The monoisotopic (exact) mass is 322 g/mol. The summed E-state index contributed by atoms with van der Waals surface area (Å²) in [5.74, 6) is -0.135. The van der Waals surface area contributed by atoms with Gasteiger partial charge in [-0.2, -0.15) is 0 Å². The summed E-state index contributed by atoms with van der Waals surface area (Å²) in [7, 11) is 0. The lowest BCUT2D eigenvalue weighted by atomic mass is 10.1. The molecular formula is C20H22N2O2. The summed E-state index contributed by atoms with van der Waals surface area (Å²) < 4.78 is 0. The zero-order chi connectivity index (χ0) is 17.3. The molecule has 3 rings (SSSR count). The van der Waals surface area contributed by atoms with Crippen molar-refractivity contribution in [2.45, 2.75) is 39.7 Å². The number of nitrogens with zero attached hydrogens (tertiary/aromatic N) is 1. The van der Waals surface area contributed by atoms with Gasteiger partial charge in [0.15, 0.2) is 0 Å². The number of hydrogen-bond acceptors (Lipinski definition) is 2. The van der Waals surface area contributed by atoms with Crippen LogP contribution in [0.2, 0.25) is 0 Å². The highest BCUT2D eigenvalue weighted by atomic mass is 16.2. The summed E-state index contributed by atoms with van der Waals surface area (Å²) in [5, 5.41) is 2.95. The summed E-state index contributed by atoms with van der Waals surface area (Å²) >= 11 is 0. The van der Waals surface area contributed by atoms with Gasteiger partial charge in [0.25, 0.3) is 0 Å². The standard InChI is InChI=1S/C20H22N2O2/c1-13-4-8-17(9-5-13)22-18(10-11-19(22)23)20(24)21-16-7-6-14(2)15(3)12-16/h4-9,12,18H,10-11H2,1-3H3,(H,21,24). The van der Waals surface area contributed by atoms with Crippen LogP contribution in [0, 0.1) is 20.8 Å². The molecule has 0 saturated carbocycles. The molecule has 124 valence electrons. The number of anilines is 2. The maximum absolute atomic E-state index is 12.7. The molecule has 1 atom stereocenters. The molecule has 0 aromatic heterocycles. The van der Waals surface area contributed by atoms with Gasteiger partial charge in [-0.15, -0.1) is 0 Å². The van der Waals surface area contributed by atoms with E-state index in [1.54, 1.807) is 4.90 Å². The molecule has 0 spiro atoms. The molecule has 24 heavy (non-hydrogen) atoms. The molecule has 1 N–H and O–H groups in total. The Morgan fingerprint density at radius 1 is 1.04 bits per heavy atom. The molecule has 2 aromatic rings. The van der Waals surface area contributed by atoms with Crippen molar-refractivity contribution in [3.05, 3.63) is 59.2 Å². The Bertz CT molecular complexity index is 781. The van der Waals surface area contributed by atoms with Crippen LogP contribution in [0.5, 0.6) is 0 Å². The van der Waals surface area contributed by atoms with E-state index in [0.717, 1.165) is 22.5 Å². The minimum Gasteiger partial charge on any atom is -0.324 e. The van der Waals surface area contributed by atoms with Crippen LogP contribution in [0.3, 0.4) is 0 Å². The molecule has 4 nitrogen and oxygen atoms in total. The van der Waals surface area contributed by atoms with E-state index in [4.69, 9.17) is 0 Å². The lowest BCUT2D eigenvalue weighted by molar-refractivity contribution is -0.120. The molecule has 1 aliphatic rings. The van der Waals surface area contributed by atoms with Crippen LogP contribution in [0.25, 0.3) is 0 Å². The van der Waals surface area contributed by atoms with E-state index in [-0.39, 0.29) is 11.8 Å². The van der Waals surface area contributed by atoms with Crippen molar-refractivity contribution in [2.24, 2.45) is 0 Å². The number of carbonyl (C=O) groups is 2. The number of hydrogen-bond donors (Lipinski definition) is 1. The Kier molecular flexibility index (Phi) is 4.38. The van der Waals surface area contributed by atoms with Crippen molar-refractivity contribution < 1.29 is 9.59 Å². The van der Waals surface area contributed by atoms with E-state index in [1.807, 2.05) is 63.2 Å². The van der Waals surface area contributed by atoms with Gasteiger partial charge in [0.2, 0.25) is 11.8 Å². The Balaban J connectivity index is 1.81. The molecule has 0 radical (unpaired) electrons. The molecule has 4 heteroatoms. The first kappa shape index (κ1) is 16.2. The number of aryl methyl sites for hydroxylation is 3. The van der Waals surface area contributed by atoms with E-state index in [1.165, 1.54) is 5.56 Å². The minimum atomic E-state index is -0.457. The van der Waals surface area contributed by atoms with Gasteiger partial charge in [0, 0.05) is 17.8 Å². The molecule has 2 amide bonds. The zero-order valence-corrected chi connectivity index (χ0v) is 14.3. The van der Waals surface area contributed by atoms with Crippen LogP contribution < -0.4 is 10.2 Å². The van der Waals surface area contributed by atoms with E-state index >= 15 is 0 Å². The maximum Gasteiger partial charge on any atom is 0.247 e. The van der Waals surface area contributed by atoms with Crippen LogP contribution in [0.15, 0.2) is 42.5 Å². The van der Waals surface area contributed by atoms with Gasteiger partial charge in [-0.1, -0.05) is 23.8 Å². The first-order valence-electron chi connectivity index (χ1n) is 8.22. The Hall–Kier alpha value is -2.62. The number of carbonyl (C=O) groups excluding carboxylic acids is 2. The Morgan fingerprint density at radius 3 is 2.42 bits per heavy atom. The Labute approximate surface area is 142 Å². The summed E-state index contributed by atoms with van der Waals surface area (Å²) in [6.07, 6.45) is 0.947. The van der Waals surface area contributed by atoms with Gasteiger partial charge in [-0.3, -0.25) is 14.5 Å². The molecule has 0 aliphatic carbocycles. The fraction of sp³-hybridized carbons (Fsp3) is 0.300. The minimum absolute atomic E-state index is 0.000843. The fourth-order valence-electron chi connectivity index (χ4n) is 3.01. The van der Waals surface area contributed by atoms with E-state index in [2.05, 4.69) is 5.32 Å². The first-order chi connectivity index (χ1) is 11.5. The third-order valence-corrected chi connectivity index (χ3v) is 4.60. The van der Waals surface area contributed by atoms with Crippen LogP contribution >= 0.6 is 0 Å². The predicted octanol–water partition coefficient (Wildman–Crippen LogP) is 3.75. The molecule has 1 fully saturated rings. The van der Waals surface area contributed by atoms with Gasteiger partial charge in [-0.05, 0) is 62.6 Å².